The van der Waals surface area contributed by atoms with Crippen LogP contribution in [0.2, 0.25) is 0 Å². The van der Waals surface area contributed by atoms with Crippen molar-refractivity contribution in [3.63, 3.8) is 0 Å². The van der Waals surface area contributed by atoms with Gasteiger partial charge in [-0.25, -0.2) is 8.42 Å². The molecule has 0 atom stereocenters. The van der Waals surface area contributed by atoms with Crippen LogP contribution in [0.3, 0.4) is 0 Å². The maximum atomic E-state index is 12.5. The number of hydrogen-bond donors (Lipinski definition) is 1. The number of nitrogens with two attached hydrogens (primary N) is 1. The summed E-state index contributed by atoms with van der Waals surface area (Å²) in [7, 11) is -3.37. The largest absolute Gasteiger partial charge is 0.326 e. The number of benzene rings is 1. The van der Waals surface area contributed by atoms with Crippen LogP contribution in [-0.4, -0.2) is 34.0 Å². The minimum atomic E-state index is -3.37. The molecule has 0 bridgehead atoms. The summed E-state index contributed by atoms with van der Waals surface area (Å²) < 4.78 is 28.4. The normalized spacial score (nSPS) is 15.9. The maximum Gasteiger partial charge on any atom is 0.218 e. The predicted molar refractivity (Wildman–Crippen MR) is 77.4 cm³/mol. The predicted octanol–water partition coefficient (Wildman–Crippen LogP) is 0.0824. The van der Waals surface area contributed by atoms with Crippen LogP contribution >= 0.6 is 0 Å². The number of fused-ring (bicyclic) bond motifs is 1. The van der Waals surface area contributed by atoms with E-state index in [1.165, 1.54) is 4.31 Å². The second-order valence-electron chi connectivity index (χ2n) is 5.05. The van der Waals surface area contributed by atoms with E-state index < -0.39 is 10.0 Å². The Labute approximate surface area is 123 Å². The lowest BCUT2D eigenvalue weighted by Crippen LogP contribution is -2.38. The molecule has 0 radical (unpaired) electrons. The zero-order valence-corrected chi connectivity index (χ0v) is 12.3. The number of nitrogens with zero attached hydrogens (tertiary/aromatic N) is 4. The molecule has 8 heteroatoms. The molecule has 0 spiro atoms. The third-order valence-corrected chi connectivity index (χ3v) is 5.37. The first-order valence-electron chi connectivity index (χ1n) is 6.71. The molecular weight excluding hydrogens is 290 g/mol. The molecule has 0 amide bonds. The molecule has 0 unspecified atom stereocenters. The van der Waals surface area contributed by atoms with E-state index >= 15 is 0 Å². The van der Waals surface area contributed by atoms with Crippen molar-refractivity contribution in [2.45, 2.75) is 25.4 Å². The molecule has 7 nitrogen and oxygen atoms in total. The van der Waals surface area contributed by atoms with Crippen molar-refractivity contribution in [3.8, 4) is 0 Å². The summed E-state index contributed by atoms with van der Waals surface area (Å²) in [5.41, 5.74) is 7.27. The average molecular weight is 307 g/mol. The van der Waals surface area contributed by atoms with Gasteiger partial charge < -0.3 is 10.3 Å². The monoisotopic (exact) mass is 307 g/mol. The fraction of sp³-hybridized carbons (Fsp3) is 0.385. The van der Waals surface area contributed by atoms with Crippen LogP contribution in [0, 0.1) is 0 Å². The van der Waals surface area contributed by atoms with Crippen LogP contribution in [0.1, 0.15) is 17.0 Å². The van der Waals surface area contributed by atoms with E-state index in [2.05, 4.69) is 10.2 Å². The van der Waals surface area contributed by atoms with Crippen LogP contribution in [0.25, 0.3) is 0 Å². The highest BCUT2D eigenvalue weighted by molar-refractivity contribution is 7.88. The van der Waals surface area contributed by atoms with Gasteiger partial charge in [0.15, 0.2) is 0 Å². The lowest BCUT2D eigenvalue weighted by molar-refractivity contribution is 0.335. The molecule has 0 fully saturated rings. The first-order valence-corrected chi connectivity index (χ1v) is 8.32. The van der Waals surface area contributed by atoms with E-state index in [1.807, 2.05) is 28.8 Å². The minimum absolute atomic E-state index is 0.0189. The van der Waals surface area contributed by atoms with Crippen LogP contribution < -0.4 is 5.73 Å². The Kier molecular flexibility index (Phi) is 3.75. The second kappa shape index (κ2) is 5.55. The summed E-state index contributed by atoms with van der Waals surface area (Å²) in [5, 5.41) is 7.75. The standard InChI is InChI=1S/C13H17N5O2S/c14-7-11-2-1-3-12(6-11)9-21(19,20)18-5-4-17-10-15-16-13(17)8-18/h1-3,6,10H,4-5,7-9,14H2. The van der Waals surface area contributed by atoms with Crippen molar-refractivity contribution in [3.05, 3.63) is 47.5 Å². The molecule has 3 rings (SSSR count). The quantitative estimate of drug-likeness (QED) is 0.863. The van der Waals surface area contributed by atoms with E-state index in [0.717, 1.165) is 11.1 Å². The van der Waals surface area contributed by atoms with Gasteiger partial charge in [-0.15, -0.1) is 10.2 Å². The zero-order chi connectivity index (χ0) is 14.9. The van der Waals surface area contributed by atoms with Crippen molar-refractivity contribution in [2.24, 2.45) is 5.73 Å². The zero-order valence-electron chi connectivity index (χ0n) is 11.5. The van der Waals surface area contributed by atoms with Gasteiger partial charge in [-0.2, -0.15) is 4.31 Å². The Bertz CT molecular complexity index is 741. The van der Waals surface area contributed by atoms with Gasteiger partial charge in [-0.05, 0) is 11.1 Å². The smallest absolute Gasteiger partial charge is 0.218 e. The topological polar surface area (TPSA) is 94.1 Å². The lowest BCUT2D eigenvalue weighted by Gasteiger charge is -2.26. The Hall–Kier alpha value is -1.77. The lowest BCUT2D eigenvalue weighted by atomic mass is 10.1. The number of aromatic nitrogens is 3. The SMILES string of the molecule is NCc1cccc(CS(=O)(=O)N2CCn3cnnc3C2)c1. The highest BCUT2D eigenvalue weighted by Crippen LogP contribution is 2.17. The van der Waals surface area contributed by atoms with Crippen molar-refractivity contribution in [1.82, 2.24) is 19.1 Å². The van der Waals surface area contributed by atoms with Crippen molar-refractivity contribution >= 4 is 10.0 Å². The highest BCUT2D eigenvalue weighted by atomic mass is 32.2. The summed E-state index contributed by atoms with van der Waals surface area (Å²) >= 11 is 0. The molecule has 1 aliphatic heterocycles. The Morgan fingerprint density at radius 2 is 2.05 bits per heavy atom. The molecule has 0 saturated carbocycles. The van der Waals surface area contributed by atoms with E-state index in [-0.39, 0.29) is 12.3 Å². The second-order valence-corrected chi connectivity index (χ2v) is 7.02. The fourth-order valence-corrected chi connectivity index (χ4v) is 3.89. The molecular formula is C13H17N5O2S. The van der Waals surface area contributed by atoms with Gasteiger partial charge in [-0.1, -0.05) is 24.3 Å². The van der Waals surface area contributed by atoms with Gasteiger partial charge in [0.25, 0.3) is 0 Å². The number of sulfonamides is 1. The maximum absolute atomic E-state index is 12.5. The average Bonchev–Trinajstić information content (AvgIpc) is 2.94. The first-order chi connectivity index (χ1) is 10.1. The Morgan fingerprint density at radius 1 is 1.24 bits per heavy atom. The Morgan fingerprint density at radius 3 is 2.86 bits per heavy atom. The van der Waals surface area contributed by atoms with E-state index in [4.69, 9.17) is 5.73 Å². The van der Waals surface area contributed by atoms with Crippen molar-refractivity contribution in [2.75, 3.05) is 6.54 Å². The van der Waals surface area contributed by atoms with Gasteiger partial charge in [-0.3, -0.25) is 0 Å². The molecule has 112 valence electrons. The van der Waals surface area contributed by atoms with E-state index in [0.29, 0.717) is 25.5 Å². The van der Waals surface area contributed by atoms with Crippen LogP contribution in [0.5, 0.6) is 0 Å². The molecule has 1 aromatic carbocycles. The Balaban J connectivity index is 1.78. The summed E-state index contributed by atoms with van der Waals surface area (Å²) in [6.45, 7) is 1.72. The summed E-state index contributed by atoms with van der Waals surface area (Å²) in [5.74, 6) is 0.662. The summed E-state index contributed by atoms with van der Waals surface area (Å²) in [6.07, 6.45) is 1.63. The molecule has 0 saturated heterocycles. The van der Waals surface area contributed by atoms with Crippen molar-refractivity contribution < 1.29 is 8.42 Å². The van der Waals surface area contributed by atoms with Gasteiger partial charge in [0, 0.05) is 19.6 Å². The van der Waals surface area contributed by atoms with Gasteiger partial charge in [0.1, 0.15) is 12.2 Å². The minimum Gasteiger partial charge on any atom is -0.326 e. The molecule has 2 N–H and O–H groups in total. The third kappa shape index (κ3) is 2.97. The van der Waals surface area contributed by atoms with Gasteiger partial charge in [0.2, 0.25) is 10.0 Å². The van der Waals surface area contributed by atoms with E-state index in [1.54, 1.807) is 6.33 Å². The molecule has 1 aliphatic rings. The first kappa shape index (κ1) is 14.2. The molecule has 1 aromatic heterocycles. The fourth-order valence-electron chi connectivity index (χ4n) is 2.43. The van der Waals surface area contributed by atoms with Crippen LogP contribution in [0.4, 0.5) is 0 Å². The molecule has 0 aliphatic carbocycles. The van der Waals surface area contributed by atoms with Gasteiger partial charge >= 0.3 is 0 Å². The number of hydrogen-bond acceptors (Lipinski definition) is 5. The van der Waals surface area contributed by atoms with E-state index in [9.17, 15) is 8.42 Å². The van der Waals surface area contributed by atoms with Crippen LogP contribution in [-0.2, 0) is 35.4 Å². The summed E-state index contributed by atoms with van der Waals surface area (Å²) in [6, 6.07) is 7.37. The van der Waals surface area contributed by atoms with Gasteiger partial charge in [0.05, 0.1) is 12.3 Å². The highest BCUT2D eigenvalue weighted by Gasteiger charge is 2.27. The summed E-state index contributed by atoms with van der Waals surface area (Å²) in [4.78, 5) is 0. The van der Waals surface area contributed by atoms with Crippen molar-refractivity contribution in [1.29, 1.82) is 0 Å². The molecule has 2 heterocycles. The molecule has 21 heavy (non-hydrogen) atoms. The van der Waals surface area contributed by atoms with Crippen LogP contribution in [0.15, 0.2) is 30.6 Å². The number of rotatable bonds is 4. The molecule has 2 aromatic rings. The third-order valence-electron chi connectivity index (χ3n) is 3.57.